The molecule has 6 nitrogen and oxygen atoms in total. The van der Waals surface area contributed by atoms with E-state index >= 15 is 0 Å². The van der Waals surface area contributed by atoms with Crippen molar-refractivity contribution in [2.24, 2.45) is 4.99 Å². The number of hydrogen-bond donors (Lipinski definition) is 1. The molecule has 0 saturated heterocycles. The quantitative estimate of drug-likeness (QED) is 0.404. The highest BCUT2D eigenvalue weighted by molar-refractivity contribution is 14.0. The number of nitrogens with zero attached hydrogens (tertiary/aromatic N) is 3. The molecule has 1 aromatic carbocycles. The molecule has 0 bridgehead atoms. The molecule has 0 amide bonds. The van der Waals surface area contributed by atoms with E-state index in [1.54, 1.807) is 14.2 Å². The van der Waals surface area contributed by atoms with Gasteiger partial charge in [0.25, 0.3) is 0 Å². The molecule has 0 fully saturated rings. The maximum absolute atomic E-state index is 5.44. The molecule has 0 unspecified atom stereocenters. The lowest BCUT2D eigenvalue weighted by atomic mass is 9.99. The summed E-state index contributed by atoms with van der Waals surface area (Å²) in [4.78, 5) is 11.1. The monoisotopic (exact) mass is 482 g/mol. The number of rotatable bonds is 5. The first-order valence-electron chi connectivity index (χ1n) is 8.84. The average molecular weight is 482 g/mol. The van der Waals surface area contributed by atoms with Crippen LogP contribution in [-0.4, -0.2) is 50.2 Å². The fraction of sp³-hybridized carbons (Fsp3) is 0.400. The molecule has 0 atom stereocenters. The van der Waals surface area contributed by atoms with Crippen LogP contribution in [0.25, 0.3) is 0 Å². The van der Waals surface area contributed by atoms with Gasteiger partial charge in [-0.3, -0.25) is 9.98 Å². The molecule has 0 aliphatic carbocycles. The first kappa shape index (κ1) is 21.3. The summed E-state index contributed by atoms with van der Waals surface area (Å²) in [5.41, 5.74) is 3.64. The number of benzene rings is 1. The second-order valence-corrected chi connectivity index (χ2v) is 6.19. The molecule has 0 saturated carbocycles. The van der Waals surface area contributed by atoms with Gasteiger partial charge in [-0.1, -0.05) is 6.07 Å². The second kappa shape index (κ2) is 10.3. The van der Waals surface area contributed by atoms with Crippen molar-refractivity contribution in [2.75, 3.05) is 34.4 Å². The van der Waals surface area contributed by atoms with E-state index in [0.29, 0.717) is 0 Å². The van der Waals surface area contributed by atoms with Crippen LogP contribution in [0.3, 0.4) is 0 Å². The van der Waals surface area contributed by atoms with Crippen molar-refractivity contribution < 1.29 is 9.47 Å². The minimum Gasteiger partial charge on any atom is -0.493 e. The number of ether oxygens (including phenoxy) is 2. The van der Waals surface area contributed by atoms with Crippen molar-refractivity contribution in [1.82, 2.24) is 15.2 Å². The third-order valence-electron chi connectivity index (χ3n) is 4.62. The highest BCUT2D eigenvalue weighted by Crippen LogP contribution is 2.33. The Hall–Kier alpha value is -2.03. The summed E-state index contributed by atoms with van der Waals surface area (Å²) in [5.74, 6) is 2.48. The van der Waals surface area contributed by atoms with E-state index < -0.39 is 0 Å². The zero-order valence-electron chi connectivity index (χ0n) is 16.1. The Morgan fingerprint density at radius 1 is 1.19 bits per heavy atom. The molecule has 0 spiro atoms. The average Bonchev–Trinajstić information content (AvgIpc) is 2.70. The molecule has 3 rings (SSSR count). The topological polar surface area (TPSA) is 59.0 Å². The summed E-state index contributed by atoms with van der Waals surface area (Å²) in [5, 5.41) is 3.45. The van der Waals surface area contributed by atoms with E-state index in [2.05, 4.69) is 32.3 Å². The molecule has 1 N–H and O–H groups in total. The Morgan fingerprint density at radius 2 is 1.93 bits per heavy atom. The number of aromatic nitrogens is 1. The van der Waals surface area contributed by atoms with Crippen molar-refractivity contribution >= 4 is 29.9 Å². The third-order valence-corrected chi connectivity index (χ3v) is 4.62. The van der Waals surface area contributed by atoms with E-state index in [1.165, 1.54) is 11.1 Å². The number of hydrogen-bond acceptors (Lipinski definition) is 4. The summed E-state index contributed by atoms with van der Waals surface area (Å²) in [6, 6.07) is 10.1. The fourth-order valence-electron chi connectivity index (χ4n) is 3.24. The summed E-state index contributed by atoms with van der Waals surface area (Å²) in [6.07, 6.45) is 3.65. The van der Waals surface area contributed by atoms with Gasteiger partial charge in [0.05, 0.1) is 14.2 Å². The van der Waals surface area contributed by atoms with Gasteiger partial charge in [-0.2, -0.15) is 0 Å². The first-order valence-corrected chi connectivity index (χ1v) is 8.84. The lowest BCUT2D eigenvalue weighted by molar-refractivity contribution is 0.346. The number of aliphatic imine (C=N–C) groups is 1. The van der Waals surface area contributed by atoms with Gasteiger partial charge < -0.3 is 19.7 Å². The highest BCUT2D eigenvalue weighted by Gasteiger charge is 2.21. The fourth-order valence-corrected chi connectivity index (χ4v) is 3.24. The van der Waals surface area contributed by atoms with Crippen molar-refractivity contribution in [3.8, 4) is 11.5 Å². The summed E-state index contributed by atoms with van der Waals surface area (Å²) in [6.45, 7) is 2.53. The number of methoxy groups -OCH3 is 2. The zero-order chi connectivity index (χ0) is 18.4. The summed E-state index contributed by atoms with van der Waals surface area (Å²) < 4.78 is 10.9. The van der Waals surface area contributed by atoms with Crippen LogP contribution in [0.5, 0.6) is 11.5 Å². The van der Waals surface area contributed by atoms with Gasteiger partial charge >= 0.3 is 0 Å². The molecule has 0 radical (unpaired) electrons. The molecule has 146 valence electrons. The van der Waals surface area contributed by atoms with Crippen LogP contribution in [-0.2, 0) is 19.4 Å². The Labute approximate surface area is 178 Å². The lowest BCUT2D eigenvalue weighted by Crippen LogP contribution is -2.44. The maximum atomic E-state index is 5.44. The lowest BCUT2D eigenvalue weighted by Gasteiger charge is -2.32. The number of pyridine rings is 1. The molecular weight excluding hydrogens is 455 g/mol. The molecular formula is C20H27IN4O2. The predicted molar refractivity (Wildman–Crippen MR) is 118 cm³/mol. The molecule has 1 aliphatic rings. The van der Waals surface area contributed by atoms with Crippen molar-refractivity contribution in [2.45, 2.75) is 19.4 Å². The molecule has 27 heavy (non-hydrogen) atoms. The molecule has 2 heterocycles. The van der Waals surface area contributed by atoms with Gasteiger partial charge in [0, 0.05) is 45.0 Å². The second-order valence-electron chi connectivity index (χ2n) is 6.19. The van der Waals surface area contributed by atoms with E-state index in [1.807, 2.05) is 31.4 Å². The molecule has 1 aromatic heterocycles. The van der Waals surface area contributed by atoms with Crippen LogP contribution in [0, 0.1) is 0 Å². The van der Waals surface area contributed by atoms with Crippen LogP contribution >= 0.6 is 24.0 Å². The van der Waals surface area contributed by atoms with Crippen molar-refractivity contribution in [3.05, 3.63) is 53.3 Å². The molecule has 1 aliphatic heterocycles. The highest BCUT2D eigenvalue weighted by atomic mass is 127. The van der Waals surface area contributed by atoms with Crippen molar-refractivity contribution in [3.63, 3.8) is 0 Å². The Morgan fingerprint density at radius 3 is 2.56 bits per heavy atom. The van der Waals surface area contributed by atoms with Gasteiger partial charge in [-0.15, -0.1) is 24.0 Å². The minimum absolute atomic E-state index is 0. The standard InChI is InChI=1S/C20H26N4O2.HI/c1-21-20(23-10-7-17-6-4-5-9-22-17)24-11-8-15-12-18(25-2)19(26-3)13-16(15)14-24;/h4-6,9,12-13H,7-8,10-11,14H2,1-3H3,(H,21,23);1H. The molecule has 2 aromatic rings. The SMILES string of the molecule is CN=C(NCCc1ccccn1)N1CCc2cc(OC)c(OC)cc2C1.I. The number of nitrogens with one attached hydrogen (secondary N) is 1. The van der Waals surface area contributed by atoms with Gasteiger partial charge in [0.1, 0.15) is 0 Å². The summed E-state index contributed by atoms with van der Waals surface area (Å²) >= 11 is 0. The smallest absolute Gasteiger partial charge is 0.193 e. The van der Waals surface area contributed by atoms with Crippen LogP contribution in [0.15, 0.2) is 41.5 Å². The Balaban J connectivity index is 0.00000261. The number of fused-ring (bicyclic) bond motifs is 1. The van der Waals surface area contributed by atoms with Gasteiger partial charge in [0.15, 0.2) is 17.5 Å². The van der Waals surface area contributed by atoms with Crippen molar-refractivity contribution in [1.29, 1.82) is 0 Å². The zero-order valence-corrected chi connectivity index (χ0v) is 18.4. The van der Waals surface area contributed by atoms with Gasteiger partial charge in [-0.05, 0) is 41.8 Å². The van der Waals surface area contributed by atoms with Gasteiger partial charge in [0.2, 0.25) is 0 Å². The molecule has 7 heteroatoms. The van der Waals surface area contributed by atoms with E-state index in [-0.39, 0.29) is 24.0 Å². The number of guanidine groups is 1. The van der Waals surface area contributed by atoms with Crippen LogP contribution < -0.4 is 14.8 Å². The van der Waals surface area contributed by atoms with Gasteiger partial charge in [-0.25, -0.2) is 0 Å². The first-order chi connectivity index (χ1) is 12.7. The normalized spacial score (nSPS) is 13.4. The van der Waals surface area contributed by atoms with E-state index in [4.69, 9.17) is 9.47 Å². The van der Waals surface area contributed by atoms with Crippen LogP contribution in [0.1, 0.15) is 16.8 Å². The summed E-state index contributed by atoms with van der Waals surface area (Å²) in [7, 11) is 5.17. The largest absolute Gasteiger partial charge is 0.493 e. The van der Waals surface area contributed by atoms with Crippen LogP contribution in [0.2, 0.25) is 0 Å². The Bertz CT molecular complexity index is 768. The van der Waals surface area contributed by atoms with Crippen LogP contribution in [0.4, 0.5) is 0 Å². The van der Waals surface area contributed by atoms with E-state index in [0.717, 1.165) is 55.6 Å². The third kappa shape index (κ3) is 5.24. The number of halogens is 1. The predicted octanol–water partition coefficient (Wildman–Crippen LogP) is 2.89. The Kier molecular flexibility index (Phi) is 8.15. The van der Waals surface area contributed by atoms with E-state index in [9.17, 15) is 0 Å². The maximum Gasteiger partial charge on any atom is 0.193 e. The minimum atomic E-state index is 0.